The largest absolute Gasteiger partial charge is 0.391 e. The first-order valence-corrected chi connectivity index (χ1v) is 9.22. The van der Waals surface area contributed by atoms with Crippen molar-refractivity contribution in [2.75, 3.05) is 18.0 Å². The van der Waals surface area contributed by atoms with Crippen molar-refractivity contribution in [1.82, 2.24) is 4.90 Å². The van der Waals surface area contributed by atoms with Crippen LogP contribution in [-0.2, 0) is 9.59 Å². The van der Waals surface area contributed by atoms with E-state index in [-0.39, 0.29) is 43.2 Å². The number of hydrogen-bond acceptors (Lipinski definition) is 3. The van der Waals surface area contributed by atoms with Gasteiger partial charge in [0, 0.05) is 25.2 Å². The highest BCUT2D eigenvalue weighted by atomic mass is 19.1. The summed E-state index contributed by atoms with van der Waals surface area (Å²) >= 11 is 0. The van der Waals surface area contributed by atoms with Crippen molar-refractivity contribution in [1.29, 1.82) is 0 Å². The van der Waals surface area contributed by atoms with Crippen LogP contribution in [0.3, 0.4) is 0 Å². The van der Waals surface area contributed by atoms with E-state index in [1.807, 2.05) is 0 Å². The Hall–Kier alpha value is -2.80. The second kappa shape index (κ2) is 7.31. The maximum absolute atomic E-state index is 13.2. The van der Waals surface area contributed by atoms with Crippen LogP contribution in [0.1, 0.15) is 24.4 Å². The van der Waals surface area contributed by atoms with Gasteiger partial charge in [-0.25, -0.2) is 8.78 Å². The van der Waals surface area contributed by atoms with E-state index < -0.39 is 17.8 Å². The normalized spacial score (nSPS) is 24.8. The van der Waals surface area contributed by atoms with Crippen LogP contribution in [0.5, 0.6) is 0 Å². The number of benzene rings is 2. The molecule has 1 N–H and O–H groups in total. The van der Waals surface area contributed by atoms with Crippen molar-refractivity contribution >= 4 is 17.5 Å². The monoisotopic (exact) mass is 386 g/mol. The SMILES string of the molecule is O=C1CC(C(=O)N2CC(O)CC2c2ccc(F)cc2)CN1c1ccc(F)cc1. The van der Waals surface area contributed by atoms with Crippen LogP contribution in [0.4, 0.5) is 14.5 Å². The van der Waals surface area contributed by atoms with E-state index in [0.717, 1.165) is 5.56 Å². The van der Waals surface area contributed by atoms with Crippen molar-refractivity contribution in [3.63, 3.8) is 0 Å². The van der Waals surface area contributed by atoms with Gasteiger partial charge >= 0.3 is 0 Å². The van der Waals surface area contributed by atoms with Gasteiger partial charge in [0.1, 0.15) is 11.6 Å². The van der Waals surface area contributed by atoms with Gasteiger partial charge in [0.25, 0.3) is 0 Å². The Kier molecular flexibility index (Phi) is 4.85. The highest BCUT2D eigenvalue weighted by molar-refractivity contribution is 6.00. The molecule has 2 amide bonds. The second-order valence-corrected chi connectivity index (χ2v) is 7.33. The third kappa shape index (κ3) is 3.49. The van der Waals surface area contributed by atoms with Gasteiger partial charge in [-0.1, -0.05) is 12.1 Å². The number of nitrogens with zero attached hydrogens (tertiary/aromatic N) is 2. The summed E-state index contributed by atoms with van der Waals surface area (Å²) in [5.41, 5.74) is 1.31. The molecule has 2 heterocycles. The summed E-state index contributed by atoms with van der Waals surface area (Å²) in [7, 11) is 0. The number of halogens is 2. The lowest BCUT2D eigenvalue weighted by atomic mass is 10.0. The van der Waals surface area contributed by atoms with Crippen molar-refractivity contribution < 1.29 is 23.5 Å². The molecule has 7 heteroatoms. The maximum atomic E-state index is 13.2. The molecule has 3 atom stereocenters. The van der Waals surface area contributed by atoms with Gasteiger partial charge in [0.15, 0.2) is 0 Å². The zero-order valence-corrected chi connectivity index (χ0v) is 15.1. The molecule has 0 aliphatic carbocycles. The van der Waals surface area contributed by atoms with Crippen LogP contribution in [0, 0.1) is 17.6 Å². The molecule has 146 valence electrons. The molecule has 0 spiro atoms. The first-order chi connectivity index (χ1) is 13.4. The van der Waals surface area contributed by atoms with E-state index in [4.69, 9.17) is 0 Å². The third-order valence-corrected chi connectivity index (χ3v) is 5.43. The maximum Gasteiger partial charge on any atom is 0.228 e. The van der Waals surface area contributed by atoms with Gasteiger partial charge in [-0.2, -0.15) is 0 Å². The first kappa shape index (κ1) is 18.6. The van der Waals surface area contributed by atoms with Gasteiger partial charge in [0.2, 0.25) is 11.8 Å². The molecule has 0 bridgehead atoms. The number of aliphatic hydroxyl groups excluding tert-OH is 1. The molecule has 2 aliphatic heterocycles. The van der Waals surface area contributed by atoms with Crippen LogP contribution < -0.4 is 4.90 Å². The molecule has 0 radical (unpaired) electrons. The van der Waals surface area contributed by atoms with Crippen molar-refractivity contribution in [2.24, 2.45) is 5.92 Å². The minimum atomic E-state index is -0.663. The lowest BCUT2D eigenvalue weighted by Gasteiger charge is -2.27. The zero-order valence-electron chi connectivity index (χ0n) is 15.1. The first-order valence-electron chi connectivity index (χ1n) is 9.22. The van der Waals surface area contributed by atoms with Gasteiger partial charge < -0.3 is 14.9 Å². The number of aliphatic hydroxyl groups is 1. The molecule has 2 aliphatic rings. The Morgan fingerprint density at radius 3 is 2.21 bits per heavy atom. The van der Waals surface area contributed by atoms with Crippen molar-refractivity contribution in [3.8, 4) is 0 Å². The van der Waals surface area contributed by atoms with Crippen molar-refractivity contribution in [2.45, 2.75) is 25.0 Å². The van der Waals surface area contributed by atoms with E-state index in [2.05, 4.69) is 0 Å². The molecule has 2 fully saturated rings. The van der Waals surface area contributed by atoms with Crippen LogP contribution in [0.15, 0.2) is 48.5 Å². The summed E-state index contributed by atoms with van der Waals surface area (Å²) in [5, 5.41) is 10.1. The molecule has 2 aromatic carbocycles. The molecule has 5 nitrogen and oxygen atoms in total. The van der Waals surface area contributed by atoms with Gasteiger partial charge in [0.05, 0.1) is 18.1 Å². The van der Waals surface area contributed by atoms with Crippen LogP contribution in [0.25, 0.3) is 0 Å². The third-order valence-electron chi connectivity index (χ3n) is 5.43. The van der Waals surface area contributed by atoms with Crippen LogP contribution >= 0.6 is 0 Å². The topological polar surface area (TPSA) is 60.9 Å². The fourth-order valence-corrected chi connectivity index (χ4v) is 4.04. The Balaban J connectivity index is 1.52. The summed E-state index contributed by atoms with van der Waals surface area (Å²) in [6.07, 6.45) is -0.220. The molecular weight excluding hydrogens is 366 g/mol. The fourth-order valence-electron chi connectivity index (χ4n) is 4.04. The summed E-state index contributed by atoms with van der Waals surface area (Å²) in [5.74, 6) is -1.69. The second-order valence-electron chi connectivity index (χ2n) is 7.33. The van der Waals surface area contributed by atoms with E-state index in [0.29, 0.717) is 12.1 Å². The summed E-state index contributed by atoms with van der Waals surface area (Å²) in [4.78, 5) is 28.6. The predicted octanol–water partition coefficient (Wildman–Crippen LogP) is 2.65. The van der Waals surface area contributed by atoms with E-state index in [9.17, 15) is 23.5 Å². The quantitative estimate of drug-likeness (QED) is 0.882. The van der Waals surface area contributed by atoms with Crippen molar-refractivity contribution in [3.05, 3.63) is 65.7 Å². The molecule has 0 aromatic heterocycles. The molecule has 0 saturated carbocycles. The molecule has 2 saturated heterocycles. The number of β-amino-alcohol motifs (C(OH)–C–C–N with tert-alkyl or cyclic N) is 1. The van der Waals surface area contributed by atoms with E-state index in [1.165, 1.54) is 41.3 Å². The van der Waals surface area contributed by atoms with E-state index in [1.54, 1.807) is 17.0 Å². The average molecular weight is 386 g/mol. The predicted molar refractivity (Wildman–Crippen MR) is 98.3 cm³/mol. The number of amides is 2. The van der Waals surface area contributed by atoms with Crippen LogP contribution in [0.2, 0.25) is 0 Å². The number of hydrogen-bond donors (Lipinski definition) is 1. The summed E-state index contributed by atoms with van der Waals surface area (Å²) in [6, 6.07) is 11.1. The smallest absolute Gasteiger partial charge is 0.228 e. The highest BCUT2D eigenvalue weighted by Crippen LogP contribution is 2.35. The number of carbonyl (C=O) groups is 2. The van der Waals surface area contributed by atoms with Crippen LogP contribution in [-0.4, -0.2) is 41.0 Å². The highest BCUT2D eigenvalue weighted by Gasteiger charge is 2.42. The molecule has 2 aromatic rings. The Labute approximate surface area is 161 Å². The summed E-state index contributed by atoms with van der Waals surface area (Å²) in [6.45, 7) is 0.397. The molecule has 28 heavy (non-hydrogen) atoms. The number of carbonyl (C=O) groups excluding carboxylic acids is 2. The zero-order chi connectivity index (χ0) is 19.8. The Bertz CT molecular complexity index is 886. The molecule has 3 unspecified atom stereocenters. The van der Waals surface area contributed by atoms with Gasteiger partial charge in [-0.15, -0.1) is 0 Å². The van der Waals surface area contributed by atoms with Gasteiger partial charge in [-0.3, -0.25) is 9.59 Å². The number of rotatable bonds is 3. The average Bonchev–Trinajstić information content (AvgIpc) is 3.25. The van der Waals surface area contributed by atoms with E-state index >= 15 is 0 Å². The number of anilines is 1. The lowest BCUT2D eigenvalue weighted by molar-refractivity contribution is -0.137. The summed E-state index contributed by atoms with van der Waals surface area (Å²) < 4.78 is 26.4. The minimum absolute atomic E-state index is 0.0684. The molecule has 4 rings (SSSR count). The Morgan fingerprint density at radius 1 is 0.964 bits per heavy atom. The standard InChI is InChI=1S/C21H20F2N2O3/c22-15-3-1-13(2-4-15)19-10-18(26)12-25(19)21(28)14-9-20(27)24(11-14)17-7-5-16(23)6-8-17/h1-8,14,18-19,26H,9-12H2. The number of likely N-dealkylation sites (tertiary alicyclic amines) is 1. The molecular formula is C21H20F2N2O3. The fraction of sp³-hybridized carbons (Fsp3) is 0.333. The Morgan fingerprint density at radius 2 is 1.57 bits per heavy atom. The minimum Gasteiger partial charge on any atom is -0.391 e. The lowest BCUT2D eigenvalue weighted by Crippen LogP contribution is -2.38. The van der Waals surface area contributed by atoms with Gasteiger partial charge in [-0.05, 0) is 48.4 Å².